The summed E-state index contributed by atoms with van der Waals surface area (Å²) in [6, 6.07) is 18.4. The molecule has 0 bridgehead atoms. The summed E-state index contributed by atoms with van der Waals surface area (Å²) in [6.07, 6.45) is 3.79. The van der Waals surface area contributed by atoms with Crippen LogP contribution in [0.2, 0.25) is 0 Å². The molecular formula is C22H21NO2S. The van der Waals surface area contributed by atoms with Gasteiger partial charge in [0.25, 0.3) is 0 Å². The minimum atomic E-state index is 0.0305. The molecule has 3 nitrogen and oxygen atoms in total. The minimum Gasteiger partial charge on any atom is -0.497 e. The molecule has 0 N–H and O–H groups in total. The molecule has 0 spiro atoms. The summed E-state index contributed by atoms with van der Waals surface area (Å²) in [4.78, 5) is 17.1. The number of Topliss-reactive ketones (excluding diaryl/α,β-unsaturated/α-hetero) is 1. The van der Waals surface area contributed by atoms with Crippen LogP contribution in [-0.4, -0.2) is 23.1 Å². The number of carbonyl (C=O) groups is 1. The lowest BCUT2D eigenvalue weighted by atomic mass is 9.99. The molecule has 0 amide bonds. The number of ether oxygens (including phenoxy) is 1. The molecule has 1 atom stereocenters. The first-order chi connectivity index (χ1) is 12.7. The van der Waals surface area contributed by atoms with E-state index in [9.17, 15) is 4.79 Å². The van der Waals surface area contributed by atoms with Crippen LogP contribution < -0.4 is 4.74 Å². The average Bonchev–Trinajstić information content (AvgIpc) is 2.69. The quantitative estimate of drug-likeness (QED) is 0.612. The summed E-state index contributed by atoms with van der Waals surface area (Å²) in [5.74, 6) is 1.15. The van der Waals surface area contributed by atoms with Gasteiger partial charge in [0.2, 0.25) is 0 Å². The van der Waals surface area contributed by atoms with Crippen LogP contribution in [0, 0.1) is 0 Å². The maximum absolute atomic E-state index is 12.2. The number of ketones is 1. The predicted molar refractivity (Wildman–Crippen MR) is 107 cm³/mol. The first-order valence-corrected chi connectivity index (χ1v) is 9.86. The molecule has 26 heavy (non-hydrogen) atoms. The van der Waals surface area contributed by atoms with Crippen molar-refractivity contribution >= 4 is 28.4 Å². The topological polar surface area (TPSA) is 39.2 Å². The van der Waals surface area contributed by atoms with E-state index < -0.39 is 0 Å². The Kier molecular flexibility index (Phi) is 4.93. The number of rotatable bonds is 4. The van der Waals surface area contributed by atoms with Crippen molar-refractivity contribution in [1.29, 1.82) is 0 Å². The lowest BCUT2D eigenvalue weighted by Crippen LogP contribution is -2.21. The van der Waals surface area contributed by atoms with Gasteiger partial charge < -0.3 is 4.74 Å². The van der Waals surface area contributed by atoms with Gasteiger partial charge >= 0.3 is 0 Å². The largest absolute Gasteiger partial charge is 0.497 e. The second kappa shape index (κ2) is 7.50. The number of nitrogens with zero attached hydrogens (tertiary/aromatic N) is 1. The highest BCUT2D eigenvalue weighted by molar-refractivity contribution is 8.00. The third-order valence-electron chi connectivity index (χ3n) is 4.84. The van der Waals surface area contributed by atoms with Gasteiger partial charge in [-0.05, 0) is 42.2 Å². The van der Waals surface area contributed by atoms with Gasteiger partial charge in [0.15, 0.2) is 0 Å². The highest BCUT2D eigenvalue weighted by Gasteiger charge is 2.24. The molecular weight excluding hydrogens is 342 g/mol. The molecule has 1 aliphatic rings. The zero-order chi connectivity index (χ0) is 17.9. The number of pyridine rings is 1. The van der Waals surface area contributed by atoms with Crippen molar-refractivity contribution in [1.82, 2.24) is 4.98 Å². The van der Waals surface area contributed by atoms with E-state index in [1.54, 1.807) is 18.9 Å². The molecule has 0 saturated heterocycles. The van der Waals surface area contributed by atoms with Gasteiger partial charge in [-0.1, -0.05) is 48.5 Å². The number of hydrogen-bond acceptors (Lipinski definition) is 4. The third kappa shape index (κ3) is 3.47. The van der Waals surface area contributed by atoms with Crippen molar-refractivity contribution < 1.29 is 9.53 Å². The molecule has 1 fully saturated rings. The fourth-order valence-electron chi connectivity index (χ4n) is 3.45. The molecule has 1 saturated carbocycles. The van der Waals surface area contributed by atoms with Crippen molar-refractivity contribution in [2.24, 2.45) is 0 Å². The van der Waals surface area contributed by atoms with Crippen LogP contribution >= 0.6 is 11.8 Å². The molecule has 0 radical (unpaired) electrons. The normalized spacial score (nSPS) is 17.4. The second-order valence-corrected chi connectivity index (χ2v) is 7.80. The molecule has 1 aliphatic carbocycles. The third-order valence-corrected chi connectivity index (χ3v) is 6.07. The van der Waals surface area contributed by atoms with E-state index in [-0.39, 0.29) is 5.25 Å². The molecule has 0 aliphatic heterocycles. The first-order valence-electron chi connectivity index (χ1n) is 8.98. The lowest BCUT2D eigenvalue weighted by molar-refractivity contribution is -0.119. The minimum absolute atomic E-state index is 0.0305. The number of methoxy groups -OCH3 is 1. The highest BCUT2D eigenvalue weighted by atomic mass is 32.2. The molecule has 1 heterocycles. The Morgan fingerprint density at radius 3 is 2.69 bits per heavy atom. The van der Waals surface area contributed by atoms with Gasteiger partial charge in [-0.3, -0.25) is 4.79 Å². The smallest absolute Gasteiger partial charge is 0.146 e. The van der Waals surface area contributed by atoms with Gasteiger partial charge in [-0.15, -0.1) is 0 Å². The van der Waals surface area contributed by atoms with Crippen molar-refractivity contribution in [2.75, 3.05) is 7.11 Å². The SMILES string of the molecule is COc1ccc2c(-c3ccccc3)cc(S[C@@H]3CCCCC3=O)nc2c1. The molecule has 3 aromatic rings. The lowest BCUT2D eigenvalue weighted by Gasteiger charge is -2.20. The van der Waals surface area contributed by atoms with Crippen LogP contribution in [0.3, 0.4) is 0 Å². The number of carbonyl (C=O) groups excluding carboxylic acids is 1. The summed E-state index contributed by atoms with van der Waals surface area (Å²) in [5.41, 5.74) is 3.20. The molecule has 4 rings (SSSR count). The van der Waals surface area contributed by atoms with Crippen LogP contribution in [0.15, 0.2) is 59.6 Å². The van der Waals surface area contributed by atoms with E-state index in [4.69, 9.17) is 9.72 Å². The van der Waals surface area contributed by atoms with Crippen LogP contribution in [-0.2, 0) is 4.79 Å². The van der Waals surface area contributed by atoms with E-state index in [0.717, 1.165) is 52.1 Å². The number of thioether (sulfide) groups is 1. The van der Waals surface area contributed by atoms with Gasteiger partial charge in [0.05, 0.1) is 22.9 Å². The van der Waals surface area contributed by atoms with Crippen molar-refractivity contribution in [3.05, 3.63) is 54.6 Å². The van der Waals surface area contributed by atoms with E-state index >= 15 is 0 Å². The van der Waals surface area contributed by atoms with Gasteiger partial charge in [-0.2, -0.15) is 0 Å². The fourth-order valence-corrected chi connectivity index (χ4v) is 4.61. The van der Waals surface area contributed by atoms with E-state index in [1.165, 1.54) is 0 Å². The van der Waals surface area contributed by atoms with Gasteiger partial charge in [0.1, 0.15) is 11.5 Å². The summed E-state index contributed by atoms with van der Waals surface area (Å²) >= 11 is 1.61. The van der Waals surface area contributed by atoms with Crippen LogP contribution in [0.25, 0.3) is 22.0 Å². The highest BCUT2D eigenvalue weighted by Crippen LogP contribution is 2.36. The van der Waals surface area contributed by atoms with Gasteiger partial charge in [-0.25, -0.2) is 4.98 Å². The van der Waals surface area contributed by atoms with Crippen LogP contribution in [0.4, 0.5) is 0 Å². The Morgan fingerprint density at radius 2 is 1.92 bits per heavy atom. The molecule has 132 valence electrons. The number of fused-ring (bicyclic) bond motifs is 1. The Labute approximate surface area is 157 Å². The molecule has 0 unspecified atom stereocenters. The molecule has 4 heteroatoms. The zero-order valence-corrected chi connectivity index (χ0v) is 15.6. The number of hydrogen-bond donors (Lipinski definition) is 0. The summed E-state index contributed by atoms with van der Waals surface area (Å²) in [5, 5.41) is 2.03. The van der Waals surface area contributed by atoms with Crippen molar-refractivity contribution in [3.8, 4) is 16.9 Å². The summed E-state index contributed by atoms with van der Waals surface area (Å²) in [7, 11) is 1.67. The van der Waals surface area contributed by atoms with E-state index in [0.29, 0.717) is 12.2 Å². The maximum atomic E-state index is 12.2. The standard InChI is InChI=1S/C22H21NO2S/c1-25-16-11-12-17-18(15-7-3-2-4-8-15)14-22(23-19(17)13-16)26-21-10-6-5-9-20(21)24/h2-4,7-8,11-14,21H,5-6,9-10H2,1H3/t21-/m1/s1. The van der Waals surface area contributed by atoms with Crippen molar-refractivity contribution in [3.63, 3.8) is 0 Å². The summed E-state index contributed by atoms with van der Waals surface area (Å²) < 4.78 is 5.37. The molecule has 1 aromatic heterocycles. The van der Waals surface area contributed by atoms with E-state index in [2.05, 4.69) is 24.3 Å². The van der Waals surface area contributed by atoms with Gasteiger partial charge in [0, 0.05) is 17.9 Å². The number of benzene rings is 2. The Balaban J connectivity index is 1.81. The first kappa shape index (κ1) is 17.1. The van der Waals surface area contributed by atoms with E-state index in [1.807, 2.05) is 30.3 Å². The van der Waals surface area contributed by atoms with Crippen LogP contribution in [0.1, 0.15) is 25.7 Å². The monoisotopic (exact) mass is 363 g/mol. The Morgan fingerprint density at radius 1 is 1.08 bits per heavy atom. The van der Waals surface area contributed by atoms with Crippen molar-refractivity contribution in [2.45, 2.75) is 36.0 Å². The Bertz CT molecular complexity index is 940. The maximum Gasteiger partial charge on any atom is 0.146 e. The Hall–Kier alpha value is -2.33. The molecule has 2 aromatic carbocycles. The van der Waals surface area contributed by atoms with Crippen LogP contribution in [0.5, 0.6) is 5.75 Å². The fraction of sp³-hybridized carbons (Fsp3) is 0.273. The second-order valence-electron chi connectivity index (χ2n) is 6.58. The number of aromatic nitrogens is 1. The zero-order valence-electron chi connectivity index (χ0n) is 14.8. The predicted octanol–water partition coefficient (Wildman–Crippen LogP) is 5.51. The average molecular weight is 363 g/mol. The summed E-state index contributed by atoms with van der Waals surface area (Å²) in [6.45, 7) is 0.